The summed E-state index contributed by atoms with van der Waals surface area (Å²) in [6, 6.07) is 9.34. The normalized spacial score (nSPS) is 13.9. The highest BCUT2D eigenvalue weighted by Crippen LogP contribution is 2.27. The van der Waals surface area contributed by atoms with Crippen molar-refractivity contribution in [1.29, 1.82) is 0 Å². The molecule has 0 N–H and O–H groups in total. The SMILES string of the molecule is Cn1oc(=O)nc1C(=NOCc1csc(C#CC2CC2)n1)c1ccccc1. The van der Waals surface area contributed by atoms with Crippen LogP contribution in [-0.4, -0.2) is 20.4 Å². The van der Waals surface area contributed by atoms with Crippen molar-refractivity contribution < 1.29 is 9.36 Å². The van der Waals surface area contributed by atoms with Gasteiger partial charge in [0.2, 0.25) is 0 Å². The molecular weight excluding hydrogens is 364 g/mol. The fourth-order valence-corrected chi connectivity index (χ4v) is 3.00. The summed E-state index contributed by atoms with van der Waals surface area (Å²) in [5.41, 5.74) is 1.92. The van der Waals surface area contributed by atoms with E-state index in [0.717, 1.165) is 16.3 Å². The fraction of sp³-hybridized carbons (Fsp3) is 0.263. The van der Waals surface area contributed by atoms with Gasteiger partial charge in [-0.25, -0.2) is 9.78 Å². The number of nitrogens with zero attached hydrogens (tertiary/aromatic N) is 4. The van der Waals surface area contributed by atoms with Crippen molar-refractivity contribution in [3.63, 3.8) is 0 Å². The van der Waals surface area contributed by atoms with Gasteiger partial charge in [-0.3, -0.25) is 0 Å². The van der Waals surface area contributed by atoms with Crippen LogP contribution in [0.25, 0.3) is 0 Å². The van der Waals surface area contributed by atoms with Crippen molar-refractivity contribution in [1.82, 2.24) is 14.7 Å². The minimum absolute atomic E-state index is 0.198. The molecule has 0 bridgehead atoms. The number of hydrogen-bond acceptors (Lipinski definition) is 7. The Balaban J connectivity index is 1.52. The maximum atomic E-state index is 11.4. The molecule has 0 amide bonds. The Morgan fingerprint density at radius 3 is 2.89 bits per heavy atom. The Morgan fingerprint density at radius 1 is 1.37 bits per heavy atom. The van der Waals surface area contributed by atoms with Crippen molar-refractivity contribution in [2.45, 2.75) is 19.4 Å². The average molecular weight is 380 g/mol. The Labute approximate surface area is 159 Å². The van der Waals surface area contributed by atoms with Crippen LogP contribution in [0.4, 0.5) is 0 Å². The van der Waals surface area contributed by atoms with Crippen LogP contribution in [0, 0.1) is 17.8 Å². The predicted octanol–water partition coefficient (Wildman–Crippen LogP) is 2.56. The molecule has 1 fully saturated rings. The summed E-state index contributed by atoms with van der Waals surface area (Å²) in [5, 5.41) is 6.88. The molecular formula is C19H16N4O3S. The minimum atomic E-state index is -0.686. The molecule has 27 heavy (non-hydrogen) atoms. The molecule has 0 unspecified atom stereocenters. The predicted molar refractivity (Wildman–Crippen MR) is 100 cm³/mol. The van der Waals surface area contributed by atoms with Crippen molar-refractivity contribution in [2.75, 3.05) is 0 Å². The van der Waals surface area contributed by atoms with Gasteiger partial charge in [0.15, 0.2) is 23.2 Å². The third kappa shape index (κ3) is 4.33. The molecule has 0 saturated heterocycles. The molecule has 1 saturated carbocycles. The van der Waals surface area contributed by atoms with E-state index in [1.54, 1.807) is 7.05 Å². The number of aryl methyl sites for hydroxylation is 1. The number of oxime groups is 1. The third-order valence-electron chi connectivity index (χ3n) is 3.85. The van der Waals surface area contributed by atoms with Crippen molar-refractivity contribution in [3.05, 3.63) is 68.4 Å². The van der Waals surface area contributed by atoms with Crippen LogP contribution in [0.3, 0.4) is 0 Å². The van der Waals surface area contributed by atoms with E-state index in [1.807, 2.05) is 35.7 Å². The number of hydrogen-bond donors (Lipinski definition) is 0. The van der Waals surface area contributed by atoms with E-state index < -0.39 is 5.76 Å². The highest BCUT2D eigenvalue weighted by molar-refractivity contribution is 7.10. The van der Waals surface area contributed by atoms with E-state index in [4.69, 9.17) is 9.36 Å². The first-order valence-corrected chi connectivity index (χ1v) is 9.33. The van der Waals surface area contributed by atoms with Gasteiger partial charge < -0.3 is 9.36 Å². The van der Waals surface area contributed by atoms with Crippen LogP contribution in [0.15, 0.2) is 50.2 Å². The van der Waals surface area contributed by atoms with Crippen LogP contribution in [0.1, 0.15) is 34.9 Å². The number of rotatable bonds is 5. The zero-order valence-corrected chi connectivity index (χ0v) is 15.4. The number of aromatic nitrogens is 3. The van der Waals surface area contributed by atoms with Gasteiger partial charge in [-0.05, 0) is 18.8 Å². The van der Waals surface area contributed by atoms with Crippen LogP contribution >= 0.6 is 11.3 Å². The van der Waals surface area contributed by atoms with Gasteiger partial charge in [-0.15, -0.1) is 11.3 Å². The van der Waals surface area contributed by atoms with Crippen LogP contribution in [-0.2, 0) is 18.5 Å². The van der Waals surface area contributed by atoms with Gasteiger partial charge in [-0.1, -0.05) is 41.4 Å². The Morgan fingerprint density at radius 2 is 2.19 bits per heavy atom. The smallest absolute Gasteiger partial charge is 0.389 e. The zero-order chi connectivity index (χ0) is 18.6. The first kappa shape index (κ1) is 17.2. The van der Waals surface area contributed by atoms with E-state index in [1.165, 1.54) is 28.9 Å². The maximum Gasteiger partial charge on any atom is 0.460 e. The van der Waals surface area contributed by atoms with Crippen molar-refractivity contribution in [3.8, 4) is 11.8 Å². The molecule has 4 rings (SSSR count). The molecule has 1 aromatic carbocycles. The summed E-state index contributed by atoms with van der Waals surface area (Å²) in [6.07, 6.45) is 2.38. The van der Waals surface area contributed by atoms with Gasteiger partial charge in [0.1, 0.15) is 0 Å². The number of thiazole rings is 1. The Kier molecular flexibility index (Phi) is 4.85. The van der Waals surface area contributed by atoms with Crippen LogP contribution < -0.4 is 5.76 Å². The first-order valence-electron chi connectivity index (χ1n) is 8.45. The average Bonchev–Trinajstić information content (AvgIpc) is 3.30. The first-order chi connectivity index (χ1) is 13.2. The third-order valence-corrected chi connectivity index (χ3v) is 4.66. The minimum Gasteiger partial charge on any atom is -0.389 e. The summed E-state index contributed by atoms with van der Waals surface area (Å²) >= 11 is 1.49. The van der Waals surface area contributed by atoms with Crippen molar-refractivity contribution in [2.24, 2.45) is 18.1 Å². The molecule has 3 aromatic rings. The molecule has 1 aliphatic rings. The summed E-state index contributed by atoms with van der Waals surface area (Å²) in [6.45, 7) is 0.198. The second-order valence-electron chi connectivity index (χ2n) is 6.06. The molecule has 0 radical (unpaired) electrons. The largest absolute Gasteiger partial charge is 0.460 e. The standard InChI is InChI=1S/C19H16N4O3S/c1-23-18(21-19(24)26-23)17(14-5-3-2-4-6-14)22-25-11-15-12-27-16(20-15)10-9-13-7-8-13/h2-6,12-13H,7-8,11H2,1H3. The highest BCUT2D eigenvalue weighted by atomic mass is 32.1. The summed E-state index contributed by atoms with van der Waals surface area (Å²) in [7, 11) is 1.59. The van der Waals surface area contributed by atoms with Gasteiger partial charge >= 0.3 is 5.76 Å². The molecule has 2 heterocycles. The van der Waals surface area contributed by atoms with Gasteiger partial charge in [0.25, 0.3) is 0 Å². The van der Waals surface area contributed by atoms with E-state index in [2.05, 4.69) is 27.0 Å². The van der Waals surface area contributed by atoms with E-state index in [0.29, 0.717) is 17.5 Å². The molecule has 7 nitrogen and oxygen atoms in total. The quantitative estimate of drug-likeness (QED) is 0.386. The molecule has 136 valence electrons. The molecule has 0 atom stereocenters. The molecule has 2 aromatic heterocycles. The van der Waals surface area contributed by atoms with Gasteiger partial charge in [0, 0.05) is 23.9 Å². The molecule has 0 spiro atoms. The topological polar surface area (TPSA) is 82.5 Å². The lowest BCUT2D eigenvalue weighted by Gasteiger charge is -2.05. The summed E-state index contributed by atoms with van der Waals surface area (Å²) in [5.74, 6) is 6.43. The lowest BCUT2D eigenvalue weighted by atomic mass is 10.1. The maximum absolute atomic E-state index is 11.4. The molecule has 1 aliphatic carbocycles. The van der Waals surface area contributed by atoms with E-state index in [9.17, 15) is 4.79 Å². The van der Waals surface area contributed by atoms with Gasteiger partial charge in [0.05, 0.1) is 5.69 Å². The second-order valence-corrected chi connectivity index (χ2v) is 6.92. The molecule has 8 heteroatoms. The number of benzene rings is 1. The lowest BCUT2D eigenvalue weighted by molar-refractivity contribution is 0.128. The van der Waals surface area contributed by atoms with Crippen molar-refractivity contribution >= 4 is 17.0 Å². The Hall–Kier alpha value is -3.18. The lowest BCUT2D eigenvalue weighted by Crippen LogP contribution is -2.11. The van der Waals surface area contributed by atoms with Crippen LogP contribution in [0.2, 0.25) is 0 Å². The molecule has 0 aliphatic heterocycles. The zero-order valence-electron chi connectivity index (χ0n) is 14.6. The summed E-state index contributed by atoms with van der Waals surface area (Å²) in [4.78, 5) is 25.2. The van der Waals surface area contributed by atoms with Gasteiger partial charge in [-0.2, -0.15) is 9.72 Å². The summed E-state index contributed by atoms with van der Waals surface area (Å²) < 4.78 is 6.19. The second kappa shape index (κ2) is 7.60. The fourth-order valence-electron chi connectivity index (χ4n) is 2.34. The highest BCUT2D eigenvalue weighted by Gasteiger charge is 2.18. The van der Waals surface area contributed by atoms with E-state index >= 15 is 0 Å². The monoisotopic (exact) mass is 380 g/mol. The Bertz CT molecular complexity index is 1080. The van der Waals surface area contributed by atoms with E-state index in [-0.39, 0.29) is 6.61 Å². The van der Waals surface area contributed by atoms with Crippen LogP contribution in [0.5, 0.6) is 0 Å².